The molecule has 0 heterocycles. The maximum Gasteiger partial charge on any atom is 0.307 e. The Kier molecular flexibility index (Phi) is 10.9. The molecule has 130 valence electrons. The molecule has 0 rings (SSSR count). The lowest BCUT2D eigenvalue weighted by Gasteiger charge is -2.23. The maximum atomic E-state index is 12.1. The number of rotatable bonds is 12. The molecule has 0 aromatic carbocycles. The molecule has 1 amide bonds. The summed E-state index contributed by atoms with van der Waals surface area (Å²) >= 11 is 0. The number of carbonyl (C=O) groups excluding carboxylic acids is 1. The standard InChI is InChI=1S/C17H34N2O3/c1-6-7-9-13(2)12-15(17(21)22)14(3)16(20)18-10-8-11-19(4)5/h13-15H,6-12H2,1-5H3,(H,18,20)(H,21,22). The molecule has 0 aromatic heterocycles. The molecule has 0 radical (unpaired) electrons. The zero-order valence-corrected chi connectivity index (χ0v) is 14.9. The van der Waals surface area contributed by atoms with Gasteiger partial charge in [0.15, 0.2) is 0 Å². The van der Waals surface area contributed by atoms with Crippen molar-refractivity contribution < 1.29 is 14.7 Å². The first-order valence-electron chi connectivity index (χ1n) is 8.44. The lowest BCUT2D eigenvalue weighted by Crippen LogP contribution is -2.38. The van der Waals surface area contributed by atoms with Gasteiger partial charge in [0.1, 0.15) is 0 Å². The molecular formula is C17H34N2O3. The second-order valence-corrected chi connectivity index (χ2v) is 6.66. The number of carboxylic acid groups (broad SMARTS) is 1. The Morgan fingerprint density at radius 3 is 2.32 bits per heavy atom. The van der Waals surface area contributed by atoms with E-state index < -0.39 is 17.8 Å². The Morgan fingerprint density at radius 2 is 1.82 bits per heavy atom. The molecule has 0 aromatic rings. The van der Waals surface area contributed by atoms with Crippen molar-refractivity contribution in [2.24, 2.45) is 17.8 Å². The van der Waals surface area contributed by atoms with E-state index in [4.69, 9.17) is 0 Å². The van der Waals surface area contributed by atoms with Crippen LogP contribution in [0.5, 0.6) is 0 Å². The number of unbranched alkanes of at least 4 members (excludes halogenated alkanes) is 1. The summed E-state index contributed by atoms with van der Waals surface area (Å²) in [6, 6.07) is 0. The van der Waals surface area contributed by atoms with Crippen LogP contribution in [-0.2, 0) is 9.59 Å². The molecule has 0 fully saturated rings. The lowest BCUT2D eigenvalue weighted by molar-refractivity contribution is -0.147. The van der Waals surface area contributed by atoms with E-state index in [1.54, 1.807) is 6.92 Å². The second-order valence-electron chi connectivity index (χ2n) is 6.66. The first-order valence-corrected chi connectivity index (χ1v) is 8.44. The van der Waals surface area contributed by atoms with Crippen molar-refractivity contribution in [3.63, 3.8) is 0 Å². The van der Waals surface area contributed by atoms with Crippen LogP contribution in [0.2, 0.25) is 0 Å². The molecule has 22 heavy (non-hydrogen) atoms. The highest BCUT2D eigenvalue weighted by Gasteiger charge is 2.31. The van der Waals surface area contributed by atoms with Crippen molar-refractivity contribution in [3.8, 4) is 0 Å². The van der Waals surface area contributed by atoms with E-state index in [-0.39, 0.29) is 5.91 Å². The van der Waals surface area contributed by atoms with E-state index in [0.29, 0.717) is 18.9 Å². The van der Waals surface area contributed by atoms with Gasteiger partial charge in [0.05, 0.1) is 5.92 Å². The van der Waals surface area contributed by atoms with Gasteiger partial charge in [0.25, 0.3) is 0 Å². The summed E-state index contributed by atoms with van der Waals surface area (Å²) in [6.07, 6.45) is 4.69. The van der Waals surface area contributed by atoms with Crippen LogP contribution in [0.15, 0.2) is 0 Å². The molecule has 2 N–H and O–H groups in total. The molecule has 0 saturated heterocycles. The number of carboxylic acids is 1. The molecule has 3 atom stereocenters. The number of nitrogens with zero attached hydrogens (tertiary/aromatic N) is 1. The van der Waals surface area contributed by atoms with Gasteiger partial charge in [0.2, 0.25) is 5.91 Å². The largest absolute Gasteiger partial charge is 0.481 e. The Labute approximate surface area is 135 Å². The highest BCUT2D eigenvalue weighted by molar-refractivity contribution is 5.84. The minimum absolute atomic E-state index is 0.145. The van der Waals surface area contributed by atoms with Gasteiger partial charge in [-0.25, -0.2) is 0 Å². The number of hydrogen-bond acceptors (Lipinski definition) is 3. The minimum Gasteiger partial charge on any atom is -0.481 e. The van der Waals surface area contributed by atoms with Gasteiger partial charge in [0, 0.05) is 12.5 Å². The molecule has 5 heteroatoms. The molecule has 0 spiro atoms. The number of hydrogen-bond donors (Lipinski definition) is 2. The Morgan fingerprint density at radius 1 is 1.18 bits per heavy atom. The monoisotopic (exact) mass is 314 g/mol. The van der Waals surface area contributed by atoms with Crippen molar-refractivity contribution >= 4 is 11.9 Å². The first kappa shape index (κ1) is 20.9. The van der Waals surface area contributed by atoms with Crippen LogP contribution in [0.3, 0.4) is 0 Å². The third-order valence-electron chi connectivity index (χ3n) is 4.12. The summed E-state index contributed by atoms with van der Waals surface area (Å²) in [7, 11) is 3.98. The van der Waals surface area contributed by atoms with Gasteiger partial charge < -0.3 is 15.3 Å². The van der Waals surface area contributed by atoms with Crippen molar-refractivity contribution in [1.82, 2.24) is 10.2 Å². The fraction of sp³-hybridized carbons (Fsp3) is 0.882. The average Bonchev–Trinajstić information content (AvgIpc) is 2.45. The van der Waals surface area contributed by atoms with Crippen LogP contribution in [0, 0.1) is 17.8 Å². The second kappa shape index (κ2) is 11.5. The zero-order chi connectivity index (χ0) is 17.1. The highest BCUT2D eigenvalue weighted by atomic mass is 16.4. The van der Waals surface area contributed by atoms with Gasteiger partial charge in [-0.3, -0.25) is 9.59 Å². The number of amides is 1. The van der Waals surface area contributed by atoms with Gasteiger partial charge in [-0.15, -0.1) is 0 Å². The minimum atomic E-state index is -0.862. The molecule has 3 unspecified atom stereocenters. The summed E-state index contributed by atoms with van der Waals surface area (Å²) in [5.41, 5.74) is 0. The van der Waals surface area contributed by atoms with Gasteiger partial charge in [-0.2, -0.15) is 0 Å². The summed E-state index contributed by atoms with van der Waals surface area (Å²) in [4.78, 5) is 25.7. The van der Waals surface area contributed by atoms with E-state index in [9.17, 15) is 14.7 Å². The molecule has 0 saturated carbocycles. The van der Waals surface area contributed by atoms with Crippen LogP contribution >= 0.6 is 0 Å². The normalized spacial score (nSPS) is 15.4. The van der Waals surface area contributed by atoms with E-state index in [1.807, 2.05) is 14.1 Å². The number of carbonyl (C=O) groups is 2. The third kappa shape index (κ3) is 9.03. The fourth-order valence-corrected chi connectivity index (χ4v) is 2.57. The lowest BCUT2D eigenvalue weighted by atomic mass is 9.83. The molecule has 0 bridgehead atoms. The third-order valence-corrected chi connectivity index (χ3v) is 4.12. The molecule has 0 aliphatic carbocycles. The number of nitrogens with one attached hydrogen (secondary N) is 1. The smallest absolute Gasteiger partial charge is 0.307 e. The fourth-order valence-electron chi connectivity index (χ4n) is 2.57. The maximum absolute atomic E-state index is 12.1. The predicted octanol–water partition coefficient (Wildman–Crippen LogP) is 2.61. The van der Waals surface area contributed by atoms with E-state index in [0.717, 1.165) is 32.2 Å². The summed E-state index contributed by atoms with van der Waals surface area (Å²) in [5, 5.41) is 12.3. The summed E-state index contributed by atoms with van der Waals surface area (Å²) in [5.74, 6) is -1.75. The van der Waals surface area contributed by atoms with Crippen molar-refractivity contribution in [3.05, 3.63) is 0 Å². The Balaban J connectivity index is 4.36. The van der Waals surface area contributed by atoms with Gasteiger partial charge in [-0.05, 0) is 39.4 Å². The van der Waals surface area contributed by atoms with Gasteiger partial charge >= 0.3 is 5.97 Å². The zero-order valence-electron chi connectivity index (χ0n) is 14.9. The summed E-state index contributed by atoms with van der Waals surface area (Å²) < 4.78 is 0. The first-order chi connectivity index (χ1) is 10.3. The number of aliphatic carboxylic acids is 1. The Bertz CT molecular complexity index is 332. The van der Waals surface area contributed by atoms with E-state index in [1.165, 1.54) is 0 Å². The van der Waals surface area contributed by atoms with Crippen LogP contribution in [-0.4, -0.2) is 49.1 Å². The van der Waals surface area contributed by atoms with Crippen LogP contribution in [0.4, 0.5) is 0 Å². The highest BCUT2D eigenvalue weighted by Crippen LogP contribution is 2.24. The molecule has 0 aliphatic heterocycles. The van der Waals surface area contributed by atoms with Crippen molar-refractivity contribution in [2.45, 2.75) is 52.9 Å². The topological polar surface area (TPSA) is 69.6 Å². The predicted molar refractivity (Wildman–Crippen MR) is 89.8 cm³/mol. The van der Waals surface area contributed by atoms with E-state index in [2.05, 4.69) is 24.1 Å². The van der Waals surface area contributed by atoms with Crippen LogP contribution in [0.25, 0.3) is 0 Å². The Hall–Kier alpha value is -1.10. The quantitative estimate of drug-likeness (QED) is 0.543. The average molecular weight is 314 g/mol. The van der Waals surface area contributed by atoms with Crippen molar-refractivity contribution in [1.29, 1.82) is 0 Å². The van der Waals surface area contributed by atoms with Gasteiger partial charge in [-0.1, -0.05) is 40.0 Å². The summed E-state index contributed by atoms with van der Waals surface area (Å²) in [6.45, 7) is 7.44. The van der Waals surface area contributed by atoms with Crippen LogP contribution in [0.1, 0.15) is 52.9 Å². The molecule has 5 nitrogen and oxygen atoms in total. The molecular weight excluding hydrogens is 280 g/mol. The molecule has 0 aliphatic rings. The van der Waals surface area contributed by atoms with E-state index >= 15 is 0 Å². The van der Waals surface area contributed by atoms with Crippen molar-refractivity contribution in [2.75, 3.05) is 27.2 Å². The van der Waals surface area contributed by atoms with Crippen LogP contribution < -0.4 is 5.32 Å². The SMILES string of the molecule is CCCCC(C)CC(C(=O)O)C(C)C(=O)NCCCN(C)C.